The lowest BCUT2D eigenvalue weighted by Crippen LogP contribution is -2.20. The van der Waals surface area contributed by atoms with E-state index in [0.717, 1.165) is 28.9 Å². The van der Waals surface area contributed by atoms with Gasteiger partial charge in [0.1, 0.15) is 16.8 Å². The van der Waals surface area contributed by atoms with Crippen LogP contribution in [0.5, 0.6) is 0 Å². The van der Waals surface area contributed by atoms with Gasteiger partial charge >= 0.3 is 0 Å². The molecule has 2 N–H and O–H groups in total. The summed E-state index contributed by atoms with van der Waals surface area (Å²) in [6.07, 6.45) is 0. The van der Waals surface area contributed by atoms with Crippen LogP contribution in [-0.2, 0) is 18.5 Å². The highest BCUT2D eigenvalue weighted by atomic mass is 32.1. The van der Waals surface area contributed by atoms with Gasteiger partial charge in [0.25, 0.3) is 5.91 Å². The third-order valence-corrected chi connectivity index (χ3v) is 4.50. The van der Waals surface area contributed by atoms with Crippen molar-refractivity contribution in [2.45, 2.75) is 39.3 Å². The van der Waals surface area contributed by atoms with Crippen molar-refractivity contribution in [3.63, 3.8) is 0 Å². The molecule has 1 amide bonds. The number of furan rings is 1. The second-order valence-corrected chi connectivity index (χ2v) is 7.87. The largest absolute Gasteiger partial charge is 0.455 e. The van der Waals surface area contributed by atoms with Crippen molar-refractivity contribution in [2.24, 2.45) is 5.73 Å². The first kappa shape index (κ1) is 17.6. The molecule has 0 bridgehead atoms. The summed E-state index contributed by atoms with van der Waals surface area (Å²) in [5.74, 6) is 0.469. The van der Waals surface area contributed by atoms with Crippen LogP contribution >= 0.6 is 11.7 Å². The van der Waals surface area contributed by atoms with Crippen molar-refractivity contribution in [2.75, 3.05) is 7.05 Å². The molecule has 0 radical (unpaired) electrons. The number of hydrogen-bond donors (Lipinski definition) is 1. The Labute approximate surface area is 151 Å². The summed E-state index contributed by atoms with van der Waals surface area (Å²) in [4.78, 5) is 13.6. The maximum atomic E-state index is 11.5. The number of nitrogens with two attached hydrogens (primary N) is 1. The average Bonchev–Trinajstić information content (AvgIpc) is 3.12. The van der Waals surface area contributed by atoms with Crippen LogP contribution in [0.4, 0.5) is 0 Å². The number of benzene rings is 1. The molecule has 25 heavy (non-hydrogen) atoms. The van der Waals surface area contributed by atoms with Crippen LogP contribution in [0.15, 0.2) is 28.7 Å². The van der Waals surface area contributed by atoms with E-state index in [1.165, 1.54) is 17.3 Å². The van der Waals surface area contributed by atoms with Crippen molar-refractivity contribution < 1.29 is 9.21 Å². The third kappa shape index (κ3) is 3.88. The summed E-state index contributed by atoms with van der Waals surface area (Å²) in [6.45, 7) is 7.60. The van der Waals surface area contributed by atoms with Crippen LogP contribution in [0.1, 0.15) is 48.2 Å². The molecular formula is C18H22N4O2S. The first-order chi connectivity index (χ1) is 11.7. The summed E-state index contributed by atoms with van der Waals surface area (Å²) in [5.41, 5.74) is 9.18. The molecule has 2 heterocycles. The van der Waals surface area contributed by atoms with Gasteiger partial charge in [0, 0.05) is 24.1 Å². The number of aromatic nitrogens is 2. The number of primary amides is 1. The maximum Gasteiger partial charge on any atom is 0.284 e. The van der Waals surface area contributed by atoms with Gasteiger partial charge in [0.05, 0.1) is 11.7 Å². The van der Waals surface area contributed by atoms with Gasteiger partial charge in [-0.2, -0.15) is 8.75 Å². The van der Waals surface area contributed by atoms with E-state index >= 15 is 0 Å². The van der Waals surface area contributed by atoms with Crippen molar-refractivity contribution in [1.29, 1.82) is 0 Å². The molecule has 0 aliphatic carbocycles. The lowest BCUT2D eigenvalue weighted by Gasteiger charge is -2.21. The van der Waals surface area contributed by atoms with E-state index in [1.54, 1.807) is 6.07 Å². The topological polar surface area (TPSA) is 85.3 Å². The quantitative estimate of drug-likeness (QED) is 0.756. The molecule has 0 aliphatic rings. The Kier molecular flexibility index (Phi) is 4.62. The van der Waals surface area contributed by atoms with Gasteiger partial charge < -0.3 is 10.2 Å². The molecule has 0 unspecified atom stereocenters. The van der Waals surface area contributed by atoms with Gasteiger partial charge in [-0.3, -0.25) is 9.69 Å². The lowest BCUT2D eigenvalue weighted by molar-refractivity contribution is 0.0970. The Morgan fingerprint density at radius 2 is 1.92 bits per heavy atom. The molecule has 6 nitrogen and oxygen atoms in total. The first-order valence-electron chi connectivity index (χ1n) is 8.07. The van der Waals surface area contributed by atoms with Gasteiger partial charge in [0.2, 0.25) is 0 Å². The molecule has 132 valence electrons. The minimum atomic E-state index is -0.541. The van der Waals surface area contributed by atoms with Crippen molar-refractivity contribution in [3.05, 3.63) is 46.9 Å². The highest BCUT2D eigenvalue weighted by Crippen LogP contribution is 2.30. The van der Waals surface area contributed by atoms with Crippen LogP contribution in [-0.4, -0.2) is 26.6 Å². The van der Waals surface area contributed by atoms with Gasteiger partial charge in [-0.05, 0) is 30.8 Å². The molecule has 0 saturated carbocycles. The minimum Gasteiger partial charge on any atom is -0.455 e. The molecule has 0 fully saturated rings. The Morgan fingerprint density at radius 1 is 1.20 bits per heavy atom. The SMILES string of the molecule is CN(Cc1ccc2nsnc2c1)Cc1cc(C(N)=O)oc1C(C)(C)C. The fourth-order valence-electron chi connectivity index (χ4n) is 2.89. The number of carbonyl (C=O) groups is 1. The number of hydrogen-bond acceptors (Lipinski definition) is 6. The average molecular weight is 358 g/mol. The van der Waals surface area contributed by atoms with Crippen molar-refractivity contribution in [1.82, 2.24) is 13.6 Å². The Hall–Kier alpha value is -2.25. The van der Waals surface area contributed by atoms with Crippen LogP contribution in [0, 0.1) is 0 Å². The van der Waals surface area contributed by atoms with E-state index in [-0.39, 0.29) is 11.2 Å². The van der Waals surface area contributed by atoms with Gasteiger partial charge in [-0.1, -0.05) is 26.8 Å². The summed E-state index contributed by atoms with van der Waals surface area (Å²) in [7, 11) is 2.03. The smallest absolute Gasteiger partial charge is 0.284 e. The van der Waals surface area contributed by atoms with E-state index in [2.05, 4.69) is 46.6 Å². The van der Waals surface area contributed by atoms with Crippen molar-refractivity contribution in [3.8, 4) is 0 Å². The van der Waals surface area contributed by atoms with E-state index in [0.29, 0.717) is 6.54 Å². The fraction of sp³-hybridized carbons (Fsp3) is 0.389. The molecule has 0 aliphatic heterocycles. The molecule has 3 aromatic rings. The van der Waals surface area contributed by atoms with Gasteiger partial charge in [0.15, 0.2) is 5.76 Å². The highest BCUT2D eigenvalue weighted by molar-refractivity contribution is 7.00. The predicted octanol–water partition coefficient (Wildman–Crippen LogP) is 3.31. The Bertz CT molecular complexity index is 907. The number of fused-ring (bicyclic) bond motifs is 1. The Morgan fingerprint density at radius 3 is 2.60 bits per heavy atom. The molecule has 0 atom stereocenters. The maximum absolute atomic E-state index is 11.5. The zero-order valence-corrected chi connectivity index (χ0v) is 15.7. The van der Waals surface area contributed by atoms with Crippen LogP contribution in [0.2, 0.25) is 0 Å². The molecule has 0 saturated heterocycles. The van der Waals surface area contributed by atoms with E-state index in [4.69, 9.17) is 10.2 Å². The molecule has 3 rings (SSSR count). The normalized spacial score (nSPS) is 12.2. The molecule has 1 aromatic carbocycles. The number of nitrogens with zero attached hydrogens (tertiary/aromatic N) is 3. The van der Waals surface area contributed by atoms with Crippen LogP contribution in [0.3, 0.4) is 0 Å². The van der Waals surface area contributed by atoms with Crippen LogP contribution in [0.25, 0.3) is 11.0 Å². The number of carbonyl (C=O) groups excluding carboxylic acids is 1. The summed E-state index contributed by atoms with van der Waals surface area (Å²) in [6, 6.07) is 7.87. The number of amides is 1. The molecular weight excluding hydrogens is 336 g/mol. The number of rotatable bonds is 5. The summed E-state index contributed by atoms with van der Waals surface area (Å²) < 4.78 is 14.2. The third-order valence-electron chi connectivity index (χ3n) is 3.94. The second kappa shape index (κ2) is 6.57. The lowest BCUT2D eigenvalue weighted by atomic mass is 9.90. The zero-order valence-electron chi connectivity index (χ0n) is 14.9. The van der Waals surface area contributed by atoms with Crippen LogP contribution < -0.4 is 5.73 Å². The fourth-order valence-corrected chi connectivity index (χ4v) is 3.40. The molecule has 2 aromatic heterocycles. The second-order valence-electron chi connectivity index (χ2n) is 7.34. The monoisotopic (exact) mass is 358 g/mol. The van der Waals surface area contributed by atoms with Crippen molar-refractivity contribution >= 4 is 28.7 Å². The molecule has 7 heteroatoms. The standard InChI is InChI=1S/C18H22N4O2S/c1-18(2,3)16-12(8-15(24-16)17(19)23)10-22(4)9-11-5-6-13-14(7-11)21-25-20-13/h5-8H,9-10H2,1-4H3,(H2,19,23). The minimum absolute atomic E-state index is 0.199. The Balaban J connectivity index is 1.79. The highest BCUT2D eigenvalue weighted by Gasteiger charge is 2.25. The van der Waals surface area contributed by atoms with Gasteiger partial charge in [-0.25, -0.2) is 0 Å². The van der Waals surface area contributed by atoms with E-state index < -0.39 is 5.91 Å². The zero-order chi connectivity index (χ0) is 18.2. The first-order valence-corrected chi connectivity index (χ1v) is 8.80. The van der Waals surface area contributed by atoms with E-state index in [1.807, 2.05) is 13.1 Å². The molecule has 0 spiro atoms. The van der Waals surface area contributed by atoms with E-state index in [9.17, 15) is 4.79 Å². The summed E-state index contributed by atoms with van der Waals surface area (Å²) >= 11 is 1.22. The predicted molar refractivity (Wildman–Crippen MR) is 98.5 cm³/mol. The summed E-state index contributed by atoms with van der Waals surface area (Å²) in [5, 5.41) is 0. The van der Waals surface area contributed by atoms with Gasteiger partial charge in [-0.15, -0.1) is 0 Å².